The van der Waals surface area contributed by atoms with Crippen molar-refractivity contribution < 1.29 is 38.0 Å². The van der Waals surface area contributed by atoms with Crippen LogP contribution in [0.5, 0.6) is 11.5 Å². The molecule has 0 spiro atoms. The van der Waals surface area contributed by atoms with E-state index in [2.05, 4.69) is 48.0 Å². The monoisotopic (exact) mass is 453 g/mol. The summed E-state index contributed by atoms with van der Waals surface area (Å²) in [4.78, 5) is 0. The third kappa shape index (κ3) is 6.69. The number of benzene rings is 1. The van der Waals surface area contributed by atoms with Crippen molar-refractivity contribution in [1.82, 2.24) is 0 Å². The Kier molecular flexibility index (Phi) is 10.2. The highest BCUT2D eigenvalue weighted by molar-refractivity contribution is 5.71. The Balaban J connectivity index is 0.00000312. The average molecular weight is 453 g/mol. The summed E-state index contributed by atoms with van der Waals surface area (Å²) in [5.74, 6) is 1.62. The van der Waals surface area contributed by atoms with E-state index < -0.39 is 0 Å². The van der Waals surface area contributed by atoms with E-state index in [0.717, 1.165) is 23.6 Å². The number of nitrogens with zero attached hydrogens (tertiary/aromatic N) is 1. The summed E-state index contributed by atoms with van der Waals surface area (Å²) in [6.45, 7) is 3.30. The Morgan fingerprint density at radius 3 is 2.52 bits per heavy atom. The number of halogens is 1. The predicted molar refractivity (Wildman–Crippen MR) is 99.3 cm³/mol. The van der Waals surface area contributed by atoms with E-state index >= 15 is 0 Å². The number of hydrogen-bond donors (Lipinski definition) is 0. The van der Waals surface area contributed by atoms with Gasteiger partial charge in [0, 0.05) is 36.3 Å². The lowest BCUT2D eigenvalue weighted by atomic mass is 10.1. The maximum atomic E-state index is 5.46. The molecule has 0 saturated heterocycles. The van der Waals surface area contributed by atoms with Gasteiger partial charge in [-0.2, -0.15) is 4.57 Å². The van der Waals surface area contributed by atoms with Crippen molar-refractivity contribution in [3.8, 4) is 11.5 Å². The first-order valence-corrected chi connectivity index (χ1v) is 8.67. The fourth-order valence-electron chi connectivity index (χ4n) is 2.68. The number of unbranched alkanes of at least 4 members (excludes halogenated alkanes) is 3. The highest BCUT2D eigenvalue weighted by atomic mass is 127. The SMILES string of the molecule is CCCCCC[n+]1ccccc1C=Cc1ccc(OC)cc1OC.[I-]. The van der Waals surface area contributed by atoms with Crippen molar-refractivity contribution in [2.45, 2.75) is 39.2 Å². The highest BCUT2D eigenvalue weighted by Crippen LogP contribution is 2.26. The molecule has 0 bridgehead atoms. The number of aromatic nitrogens is 1. The van der Waals surface area contributed by atoms with Crippen molar-refractivity contribution in [1.29, 1.82) is 0 Å². The Morgan fingerprint density at radius 2 is 1.80 bits per heavy atom. The Labute approximate surface area is 168 Å². The summed E-state index contributed by atoms with van der Waals surface area (Å²) in [6, 6.07) is 12.2. The maximum absolute atomic E-state index is 5.46. The quantitative estimate of drug-likeness (QED) is 0.328. The molecule has 0 N–H and O–H groups in total. The van der Waals surface area contributed by atoms with Crippen LogP contribution in [0.1, 0.15) is 43.9 Å². The van der Waals surface area contributed by atoms with Crippen LogP contribution in [0.15, 0.2) is 42.6 Å². The van der Waals surface area contributed by atoms with Gasteiger partial charge in [-0.25, -0.2) is 0 Å². The number of methoxy groups -OCH3 is 2. The maximum Gasteiger partial charge on any atom is 0.205 e. The molecule has 0 radical (unpaired) electrons. The van der Waals surface area contributed by atoms with Crippen LogP contribution in [-0.2, 0) is 6.54 Å². The molecule has 0 aliphatic rings. The van der Waals surface area contributed by atoms with E-state index in [1.807, 2.05) is 18.2 Å². The molecule has 0 atom stereocenters. The number of ether oxygens (including phenoxy) is 2. The van der Waals surface area contributed by atoms with E-state index in [4.69, 9.17) is 9.47 Å². The second-order valence-corrected chi connectivity index (χ2v) is 5.82. The van der Waals surface area contributed by atoms with Crippen LogP contribution < -0.4 is 38.0 Å². The van der Waals surface area contributed by atoms with Gasteiger partial charge in [-0.15, -0.1) is 0 Å². The van der Waals surface area contributed by atoms with Gasteiger partial charge in [0.1, 0.15) is 18.0 Å². The van der Waals surface area contributed by atoms with Crippen LogP contribution in [0.2, 0.25) is 0 Å². The van der Waals surface area contributed by atoms with E-state index in [-0.39, 0.29) is 24.0 Å². The van der Waals surface area contributed by atoms with Gasteiger partial charge >= 0.3 is 0 Å². The molecule has 3 nitrogen and oxygen atoms in total. The predicted octanol–water partition coefficient (Wildman–Crippen LogP) is 1.75. The first-order valence-electron chi connectivity index (χ1n) is 8.67. The zero-order valence-electron chi connectivity index (χ0n) is 15.4. The molecule has 136 valence electrons. The summed E-state index contributed by atoms with van der Waals surface area (Å²) in [6.07, 6.45) is 11.5. The summed E-state index contributed by atoms with van der Waals surface area (Å²) >= 11 is 0. The molecule has 25 heavy (non-hydrogen) atoms. The number of aryl methyl sites for hydroxylation is 1. The molecule has 2 rings (SSSR count). The van der Waals surface area contributed by atoms with E-state index in [0.29, 0.717) is 0 Å². The van der Waals surface area contributed by atoms with E-state index in [9.17, 15) is 0 Å². The van der Waals surface area contributed by atoms with Gasteiger partial charge in [-0.3, -0.25) is 0 Å². The summed E-state index contributed by atoms with van der Waals surface area (Å²) < 4.78 is 13.0. The van der Waals surface area contributed by atoms with Gasteiger partial charge in [0.15, 0.2) is 6.20 Å². The fourth-order valence-corrected chi connectivity index (χ4v) is 2.68. The van der Waals surface area contributed by atoms with Gasteiger partial charge < -0.3 is 33.5 Å². The van der Waals surface area contributed by atoms with Crippen LogP contribution >= 0.6 is 0 Å². The number of pyridine rings is 1. The van der Waals surface area contributed by atoms with E-state index in [1.54, 1.807) is 14.2 Å². The first kappa shape index (κ1) is 21.5. The number of hydrogen-bond acceptors (Lipinski definition) is 2. The molecule has 0 fully saturated rings. The molecule has 0 aliphatic heterocycles. The highest BCUT2D eigenvalue weighted by Gasteiger charge is 2.07. The topological polar surface area (TPSA) is 22.3 Å². The minimum Gasteiger partial charge on any atom is -1.00 e. The molecule has 1 aromatic heterocycles. The molecule has 2 aromatic rings. The molecule has 4 heteroatoms. The van der Waals surface area contributed by atoms with Gasteiger partial charge in [-0.1, -0.05) is 19.8 Å². The van der Waals surface area contributed by atoms with Crippen LogP contribution in [0.25, 0.3) is 12.2 Å². The lowest BCUT2D eigenvalue weighted by Crippen LogP contribution is -3.00. The van der Waals surface area contributed by atoms with Crippen LogP contribution in [0.4, 0.5) is 0 Å². The third-order valence-corrected chi connectivity index (χ3v) is 4.10. The van der Waals surface area contributed by atoms with Crippen LogP contribution in [0, 0.1) is 0 Å². The minimum absolute atomic E-state index is 0. The smallest absolute Gasteiger partial charge is 0.205 e. The Bertz CT molecular complexity index is 671. The first-order chi connectivity index (χ1) is 11.8. The van der Waals surface area contributed by atoms with Gasteiger partial charge in [0.2, 0.25) is 5.69 Å². The van der Waals surface area contributed by atoms with Crippen molar-refractivity contribution >= 4 is 12.2 Å². The Morgan fingerprint density at radius 1 is 0.960 bits per heavy atom. The van der Waals surface area contributed by atoms with E-state index in [1.165, 1.54) is 31.4 Å². The molecule has 1 heterocycles. The molecule has 1 aromatic carbocycles. The van der Waals surface area contributed by atoms with Crippen molar-refractivity contribution in [2.75, 3.05) is 14.2 Å². The molecule has 0 saturated carbocycles. The Hall–Kier alpha value is -1.56. The average Bonchev–Trinajstić information content (AvgIpc) is 2.64. The van der Waals surface area contributed by atoms with Crippen molar-refractivity contribution in [2.24, 2.45) is 0 Å². The molecule has 0 unspecified atom stereocenters. The number of rotatable bonds is 9. The normalized spacial score (nSPS) is 10.5. The van der Waals surface area contributed by atoms with Crippen molar-refractivity contribution in [3.63, 3.8) is 0 Å². The second kappa shape index (κ2) is 11.9. The largest absolute Gasteiger partial charge is 1.00 e. The zero-order valence-corrected chi connectivity index (χ0v) is 17.5. The molecule has 0 aliphatic carbocycles. The third-order valence-electron chi connectivity index (χ3n) is 4.10. The zero-order chi connectivity index (χ0) is 17.2. The second-order valence-electron chi connectivity index (χ2n) is 5.82. The van der Waals surface area contributed by atoms with Crippen LogP contribution in [0.3, 0.4) is 0 Å². The van der Waals surface area contributed by atoms with Crippen LogP contribution in [-0.4, -0.2) is 14.2 Å². The summed E-state index contributed by atoms with van der Waals surface area (Å²) in [7, 11) is 3.35. The summed E-state index contributed by atoms with van der Waals surface area (Å²) in [5.41, 5.74) is 2.24. The minimum atomic E-state index is 0. The molecule has 0 amide bonds. The fraction of sp³-hybridized carbons (Fsp3) is 0.381. The summed E-state index contributed by atoms with van der Waals surface area (Å²) in [5, 5.41) is 0. The lowest BCUT2D eigenvalue weighted by molar-refractivity contribution is -0.699. The van der Waals surface area contributed by atoms with Gasteiger partial charge in [0.25, 0.3) is 0 Å². The lowest BCUT2D eigenvalue weighted by Gasteiger charge is -2.07. The standard InChI is InChI=1S/C21H28NO2.HI/c1-4-5-6-8-15-22-16-9-7-10-19(22)13-11-18-12-14-20(23-2)17-21(18)24-3;/h7,9-14,16-17H,4-6,8,15H2,1-3H3;1H/q+1;/p-1. The molecular weight excluding hydrogens is 425 g/mol. The van der Waals surface area contributed by atoms with Crippen molar-refractivity contribution in [3.05, 3.63) is 53.9 Å². The van der Waals surface area contributed by atoms with Gasteiger partial charge in [-0.05, 0) is 30.7 Å². The van der Waals surface area contributed by atoms with Gasteiger partial charge in [0.05, 0.1) is 14.2 Å². The molecular formula is C21H28INO2.